The van der Waals surface area contributed by atoms with Crippen LogP contribution in [0.3, 0.4) is 0 Å². The highest BCUT2D eigenvalue weighted by molar-refractivity contribution is 7.89. The number of benzene rings is 2. The van der Waals surface area contributed by atoms with Gasteiger partial charge in [0.15, 0.2) is 11.5 Å². The molecule has 3 heterocycles. The molecular formula is C24H26N4O6S. The molecule has 0 unspecified atom stereocenters. The highest BCUT2D eigenvalue weighted by atomic mass is 32.2. The van der Waals surface area contributed by atoms with Gasteiger partial charge in [-0.05, 0) is 49.6 Å². The van der Waals surface area contributed by atoms with Crippen molar-refractivity contribution in [2.24, 2.45) is 5.92 Å². The molecule has 0 saturated carbocycles. The average Bonchev–Trinajstić information content (AvgIpc) is 3.30. The van der Waals surface area contributed by atoms with E-state index in [2.05, 4.69) is 15.5 Å². The number of fused-ring (bicyclic) bond motifs is 1. The second-order valence-electron chi connectivity index (χ2n) is 8.64. The van der Waals surface area contributed by atoms with E-state index in [0.29, 0.717) is 49.9 Å². The Morgan fingerprint density at radius 1 is 1.03 bits per heavy atom. The topological polar surface area (TPSA) is 124 Å². The lowest BCUT2D eigenvalue weighted by Crippen LogP contribution is -2.41. The highest BCUT2D eigenvalue weighted by Crippen LogP contribution is 2.31. The van der Waals surface area contributed by atoms with Gasteiger partial charge in [0.25, 0.3) is 0 Å². The lowest BCUT2D eigenvalue weighted by molar-refractivity contribution is -0.121. The summed E-state index contributed by atoms with van der Waals surface area (Å²) >= 11 is 0. The van der Waals surface area contributed by atoms with Crippen molar-refractivity contribution in [3.05, 3.63) is 59.5 Å². The molecular weight excluding hydrogens is 472 g/mol. The van der Waals surface area contributed by atoms with Crippen molar-refractivity contribution in [3.8, 4) is 11.5 Å². The van der Waals surface area contributed by atoms with E-state index in [-0.39, 0.29) is 35.8 Å². The minimum absolute atomic E-state index is 0.0252. The third-order valence-corrected chi connectivity index (χ3v) is 8.06. The highest BCUT2D eigenvalue weighted by Gasteiger charge is 2.32. The number of hydrogen-bond donors (Lipinski definition) is 1. The van der Waals surface area contributed by atoms with E-state index >= 15 is 0 Å². The fourth-order valence-corrected chi connectivity index (χ4v) is 5.64. The number of carbonyl (C=O) groups excluding carboxylic acids is 1. The summed E-state index contributed by atoms with van der Waals surface area (Å²) in [6.07, 6.45) is 1.21. The first-order valence-electron chi connectivity index (χ1n) is 11.5. The van der Waals surface area contributed by atoms with E-state index in [9.17, 15) is 13.2 Å². The molecule has 2 aliphatic rings. The van der Waals surface area contributed by atoms with Crippen molar-refractivity contribution in [1.82, 2.24) is 14.5 Å². The zero-order valence-electron chi connectivity index (χ0n) is 19.3. The van der Waals surface area contributed by atoms with Gasteiger partial charge in [-0.1, -0.05) is 28.9 Å². The molecule has 10 nitrogen and oxygen atoms in total. The van der Waals surface area contributed by atoms with Gasteiger partial charge in [0.05, 0.1) is 11.3 Å². The van der Waals surface area contributed by atoms with Crippen LogP contribution in [0, 0.1) is 12.8 Å². The first kappa shape index (κ1) is 23.3. The summed E-state index contributed by atoms with van der Waals surface area (Å²) in [5, 5.41) is 10.6. The van der Waals surface area contributed by atoms with Crippen molar-refractivity contribution in [2.75, 3.05) is 31.6 Å². The summed E-state index contributed by atoms with van der Waals surface area (Å²) in [6, 6.07) is 12.4. The summed E-state index contributed by atoms with van der Waals surface area (Å²) in [4.78, 5) is 13.0. The molecule has 2 aliphatic heterocycles. The molecule has 184 valence electrons. The molecule has 0 bridgehead atoms. The van der Waals surface area contributed by atoms with E-state index in [4.69, 9.17) is 13.9 Å². The maximum atomic E-state index is 12.9. The number of ether oxygens (including phenoxy) is 2. The Morgan fingerprint density at radius 3 is 2.49 bits per heavy atom. The van der Waals surface area contributed by atoms with Crippen molar-refractivity contribution < 1.29 is 27.1 Å². The van der Waals surface area contributed by atoms with E-state index in [1.807, 2.05) is 25.1 Å². The molecule has 3 aromatic rings. The summed E-state index contributed by atoms with van der Waals surface area (Å²) in [5.74, 6) is 1.14. The van der Waals surface area contributed by atoms with E-state index in [0.717, 1.165) is 11.1 Å². The number of hydrogen-bond acceptors (Lipinski definition) is 8. The molecule has 35 heavy (non-hydrogen) atoms. The number of carbonyl (C=O) groups is 1. The van der Waals surface area contributed by atoms with Crippen molar-refractivity contribution >= 4 is 21.9 Å². The van der Waals surface area contributed by atoms with Crippen LogP contribution in [0.1, 0.15) is 29.9 Å². The Hall–Kier alpha value is -3.44. The Kier molecular flexibility index (Phi) is 6.44. The smallest absolute Gasteiger partial charge is 0.322 e. The maximum absolute atomic E-state index is 12.9. The fraction of sp³-hybridized carbons (Fsp3) is 0.375. The average molecular weight is 499 g/mol. The monoisotopic (exact) mass is 498 g/mol. The summed E-state index contributed by atoms with van der Waals surface area (Å²) in [5.41, 5.74) is 1.91. The van der Waals surface area contributed by atoms with Crippen LogP contribution < -0.4 is 14.8 Å². The van der Waals surface area contributed by atoms with Crippen LogP contribution in [-0.2, 0) is 21.2 Å². The Labute approximate surface area is 203 Å². The third-order valence-electron chi connectivity index (χ3n) is 6.14. The van der Waals surface area contributed by atoms with Crippen LogP contribution in [0.15, 0.2) is 51.8 Å². The van der Waals surface area contributed by atoms with Crippen LogP contribution in [0.25, 0.3) is 0 Å². The second-order valence-corrected chi connectivity index (χ2v) is 10.6. The number of nitrogens with zero attached hydrogens (tertiary/aromatic N) is 3. The Morgan fingerprint density at radius 2 is 1.74 bits per heavy atom. The molecule has 0 atom stereocenters. The van der Waals surface area contributed by atoms with Gasteiger partial charge in [0.1, 0.15) is 13.2 Å². The number of anilines is 1. The zero-order chi connectivity index (χ0) is 24.4. The molecule has 11 heteroatoms. The van der Waals surface area contributed by atoms with Crippen LogP contribution >= 0.6 is 0 Å². The van der Waals surface area contributed by atoms with E-state index in [1.54, 1.807) is 24.3 Å². The van der Waals surface area contributed by atoms with Crippen molar-refractivity contribution in [3.63, 3.8) is 0 Å². The predicted molar refractivity (Wildman–Crippen MR) is 126 cm³/mol. The molecule has 1 fully saturated rings. The minimum atomic E-state index is -3.58. The van der Waals surface area contributed by atoms with Crippen molar-refractivity contribution in [2.45, 2.75) is 31.1 Å². The van der Waals surface area contributed by atoms with Crippen molar-refractivity contribution in [1.29, 1.82) is 0 Å². The summed E-state index contributed by atoms with van der Waals surface area (Å²) < 4.78 is 43.9. The molecule has 1 aromatic heterocycles. The fourth-order valence-electron chi connectivity index (χ4n) is 4.17. The lowest BCUT2D eigenvalue weighted by atomic mass is 9.97. The first-order chi connectivity index (χ1) is 16.9. The lowest BCUT2D eigenvalue weighted by Gasteiger charge is -2.30. The molecule has 5 rings (SSSR count). The van der Waals surface area contributed by atoms with Crippen LogP contribution in [0.4, 0.5) is 6.01 Å². The van der Waals surface area contributed by atoms with Gasteiger partial charge in [-0.3, -0.25) is 10.1 Å². The zero-order valence-corrected chi connectivity index (χ0v) is 20.1. The van der Waals surface area contributed by atoms with Gasteiger partial charge in [-0.25, -0.2) is 8.42 Å². The summed E-state index contributed by atoms with van der Waals surface area (Å²) in [6.45, 7) is 3.48. The quantitative estimate of drug-likeness (QED) is 0.550. The number of sulfonamides is 1. The predicted octanol–water partition coefficient (Wildman–Crippen LogP) is 2.78. The molecule has 0 spiro atoms. The van der Waals surface area contributed by atoms with Gasteiger partial charge in [-0.2, -0.15) is 4.31 Å². The summed E-state index contributed by atoms with van der Waals surface area (Å²) in [7, 11) is -3.58. The largest absolute Gasteiger partial charge is 0.486 e. The van der Waals surface area contributed by atoms with Crippen LogP contribution in [0.2, 0.25) is 0 Å². The van der Waals surface area contributed by atoms with Gasteiger partial charge >= 0.3 is 6.01 Å². The maximum Gasteiger partial charge on any atom is 0.322 e. The number of amides is 1. The van der Waals surface area contributed by atoms with Gasteiger partial charge in [0.2, 0.25) is 21.8 Å². The molecule has 1 saturated heterocycles. The number of aryl methyl sites for hydroxylation is 1. The standard InChI is InChI=1S/C24H26N4O6S/c1-16-2-5-19(6-3-16)35(30,31)28-10-8-18(9-11-28)23(29)25-24-27-26-22(34-24)15-17-4-7-20-21(14-17)33-13-12-32-20/h2-7,14,18H,8-13,15H2,1H3,(H,25,27,29). The number of rotatable bonds is 6. The first-order valence-corrected chi connectivity index (χ1v) is 12.9. The Bertz CT molecular complexity index is 1310. The van der Waals surface area contributed by atoms with Gasteiger partial charge < -0.3 is 13.9 Å². The second kappa shape index (κ2) is 9.67. The molecule has 1 amide bonds. The number of nitrogens with one attached hydrogen (secondary N) is 1. The van der Waals surface area contributed by atoms with E-state index in [1.165, 1.54) is 4.31 Å². The number of piperidine rings is 1. The van der Waals surface area contributed by atoms with Gasteiger partial charge in [-0.15, -0.1) is 5.10 Å². The number of aromatic nitrogens is 2. The van der Waals surface area contributed by atoms with Gasteiger partial charge in [0, 0.05) is 19.0 Å². The molecule has 2 aromatic carbocycles. The van der Waals surface area contributed by atoms with Crippen LogP contribution in [-0.4, -0.2) is 55.1 Å². The third kappa shape index (κ3) is 5.15. The SMILES string of the molecule is Cc1ccc(S(=O)(=O)N2CCC(C(=O)Nc3nnc(Cc4ccc5c(c4)OCCO5)o3)CC2)cc1. The minimum Gasteiger partial charge on any atom is -0.486 e. The Balaban J connectivity index is 1.15. The molecule has 0 aliphatic carbocycles. The molecule has 1 N–H and O–H groups in total. The van der Waals surface area contributed by atoms with Crippen LogP contribution in [0.5, 0.6) is 11.5 Å². The van der Waals surface area contributed by atoms with E-state index < -0.39 is 10.0 Å². The molecule has 0 radical (unpaired) electrons. The normalized spacial score (nSPS) is 16.7.